The quantitative estimate of drug-likeness (QED) is 0.614. The molecule has 8 heteroatoms. The zero-order valence-electron chi connectivity index (χ0n) is 8.31. The predicted octanol–water partition coefficient (Wildman–Crippen LogP) is 2.32. The maximum absolute atomic E-state index is 10.7. The SMILES string of the molecule is CC(C)c1nsc(SCCS(=O)(=O)Cl)n1. The summed E-state index contributed by atoms with van der Waals surface area (Å²) >= 11 is 2.66. The summed E-state index contributed by atoms with van der Waals surface area (Å²) in [6.07, 6.45) is 0. The molecule has 0 fully saturated rings. The summed E-state index contributed by atoms with van der Waals surface area (Å²) in [5.41, 5.74) is 0. The van der Waals surface area contributed by atoms with E-state index in [2.05, 4.69) is 9.36 Å². The van der Waals surface area contributed by atoms with E-state index in [0.29, 0.717) is 11.7 Å². The molecule has 1 heterocycles. The van der Waals surface area contributed by atoms with E-state index in [1.165, 1.54) is 23.3 Å². The molecule has 1 rings (SSSR count). The molecular formula is C7H11ClN2O2S3. The highest BCUT2D eigenvalue weighted by atomic mass is 35.7. The first kappa shape index (κ1) is 13.2. The first-order chi connectivity index (χ1) is 6.88. The fourth-order valence-electron chi connectivity index (χ4n) is 0.742. The molecule has 0 aliphatic carbocycles. The van der Waals surface area contributed by atoms with Crippen molar-refractivity contribution in [2.45, 2.75) is 24.1 Å². The molecule has 0 saturated carbocycles. The van der Waals surface area contributed by atoms with E-state index in [4.69, 9.17) is 10.7 Å². The lowest BCUT2D eigenvalue weighted by Crippen LogP contribution is -1.99. The number of hydrogen-bond donors (Lipinski definition) is 0. The monoisotopic (exact) mass is 286 g/mol. The molecule has 0 aromatic carbocycles. The maximum atomic E-state index is 10.7. The Morgan fingerprint density at radius 2 is 2.20 bits per heavy atom. The second-order valence-corrected chi connectivity index (χ2v) is 8.16. The zero-order chi connectivity index (χ0) is 11.5. The molecule has 0 aliphatic rings. The van der Waals surface area contributed by atoms with Gasteiger partial charge in [0, 0.05) is 22.4 Å². The third kappa shape index (κ3) is 5.14. The average Bonchev–Trinajstić information content (AvgIpc) is 2.50. The van der Waals surface area contributed by atoms with Crippen LogP contribution in [0.2, 0.25) is 0 Å². The highest BCUT2D eigenvalue weighted by Gasteiger charge is 2.10. The first-order valence-corrected chi connectivity index (χ1v) is 8.51. The molecule has 0 aliphatic heterocycles. The average molecular weight is 287 g/mol. The minimum Gasteiger partial charge on any atom is -0.213 e. The molecule has 1 aromatic rings. The minimum atomic E-state index is -3.40. The third-order valence-electron chi connectivity index (χ3n) is 1.49. The Hall–Kier alpha value is 0.150. The maximum Gasteiger partial charge on any atom is 0.233 e. The Balaban J connectivity index is 2.45. The van der Waals surface area contributed by atoms with Gasteiger partial charge in [-0.2, -0.15) is 4.37 Å². The van der Waals surface area contributed by atoms with Crippen LogP contribution >= 0.6 is 34.0 Å². The molecule has 4 nitrogen and oxygen atoms in total. The van der Waals surface area contributed by atoms with Crippen molar-refractivity contribution < 1.29 is 8.42 Å². The van der Waals surface area contributed by atoms with Gasteiger partial charge in [0.1, 0.15) is 5.82 Å². The minimum absolute atomic E-state index is 0.0458. The highest BCUT2D eigenvalue weighted by molar-refractivity contribution is 8.14. The summed E-state index contributed by atoms with van der Waals surface area (Å²) < 4.78 is 26.3. The van der Waals surface area contributed by atoms with E-state index in [9.17, 15) is 8.42 Å². The van der Waals surface area contributed by atoms with E-state index in [0.717, 1.165) is 10.2 Å². The van der Waals surface area contributed by atoms with E-state index >= 15 is 0 Å². The Morgan fingerprint density at radius 1 is 1.53 bits per heavy atom. The largest absolute Gasteiger partial charge is 0.233 e. The highest BCUT2D eigenvalue weighted by Crippen LogP contribution is 2.23. The van der Waals surface area contributed by atoms with Crippen LogP contribution in [0.25, 0.3) is 0 Å². The van der Waals surface area contributed by atoms with Crippen LogP contribution in [0, 0.1) is 0 Å². The van der Waals surface area contributed by atoms with Crippen molar-refractivity contribution in [3.05, 3.63) is 5.82 Å². The van der Waals surface area contributed by atoms with Crippen LogP contribution in [0.5, 0.6) is 0 Å². The van der Waals surface area contributed by atoms with Crippen LogP contribution in [-0.2, 0) is 9.05 Å². The predicted molar refractivity (Wildman–Crippen MR) is 64.4 cm³/mol. The van der Waals surface area contributed by atoms with Crippen molar-refractivity contribution in [1.82, 2.24) is 9.36 Å². The van der Waals surface area contributed by atoms with Crippen molar-refractivity contribution in [3.63, 3.8) is 0 Å². The molecule has 86 valence electrons. The first-order valence-electron chi connectivity index (χ1n) is 4.27. The zero-order valence-corrected chi connectivity index (χ0v) is 11.5. The molecule has 1 aromatic heterocycles. The van der Waals surface area contributed by atoms with Crippen molar-refractivity contribution in [3.8, 4) is 0 Å². The summed E-state index contributed by atoms with van der Waals surface area (Å²) in [7, 11) is 1.69. The molecule has 0 atom stereocenters. The summed E-state index contributed by atoms with van der Waals surface area (Å²) in [5.74, 6) is 1.47. The van der Waals surface area contributed by atoms with Gasteiger partial charge in [-0.15, -0.1) is 0 Å². The lowest BCUT2D eigenvalue weighted by Gasteiger charge is -1.95. The molecule has 0 spiro atoms. The van der Waals surface area contributed by atoms with E-state index in [1.807, 2.05) is 13.8 Å². The fourth-order valence-corrected chi connectivity index (χ4v) is 3.90. The summed E-state index contributed by atoms with van der Waals surface area (Å²) in [6.45, 7) is 4.03. The number of aromatic nitrogens is 2. The normalized spacial score (nSPS) is 12.3. The second-order valence-electron chi connectivity index (χ2n) is 3.16. The van der Waals surface area contributed by atoms with Crippen LogP contribution < -0.4 is 0 Å². The Kier molecular flexibility index (Phi) is 4.82. The van der Waals surface area contributed by atoms with E-state index in [-0.39, 0.29) is 5.75 Å². The standard InChI is InChI=1S/C7H11ClN2O2S3/c1-5(2)6-9-7(14-10-6)13-3-4-15(8,11)12/h5H,3-4H2,1-2H3. The van der Waals surface area contributed by atoms with Gasteiger partial charge >= 0.3 is 0 Å². The molecule has 0 unspecified atom stereocenters. The van der Waals surface area contributed by atoms with Gasteiger partial charge in [0.25, 0.3) is 0 Å². The van der Waals surface area contributed by atoms with Gasteiger partial charge in [-0.05, 0) is 11.5 Å². The van der Waals surface area contributed by atoms with Crippen LogP contribution in [0.4, 0.5) is 0 Å². The molecule has 0 N–H and O–H groups in total. The third-order valence-corrected chi connectivity index (χ3v) is 4.75. The Morgan fingerprint density at radius 3 is 2.67 bits per heavy atom. The van der Waals surface area contributed by atoms with Gasteiger partial charge in [-0.3, -0.25) is 0 Å². The van der Waals surface area contributed by atoms with Gasteiger partial charge < -0.3 is 0 Å². The number of nitrogens with zero attached hydrogens (tertiary/aromatic N) is 2. The summed E-state index contributed by atoms with van der Waals surface area (Å²) in [4.78, 5) is 4.26. The van der Waals surface area contributed by atoms with Crippen molar-refractivity contribution in [1.29, 1.82) is 0 Å². The van der Waals surface area contributed by atoms with Gasteiger partial charge in [0.05, 0.1) is 5.75 Å². The number of halogens is 1. The smallest absolute Gasteiger partial charge is 0.213 e. The van der Waals surface area contributed by atoms with Crippen molar-refractivity contribution >= 4 is 43.0 Å². The second kappa shape index (κ2) is 5.47. The van der Waals surface area contributed by atoms with Crippen LogP contribution in [-0.4, -0.2) is 29.3 Å². The molecular weight excluding hydrogens is 276 g/mol. The van der Waals surface area contributed by atoms with Gasteiger partial charge in [-0.25, -0.2) is 13.4 Å². The van der Waals surface area contributed by atoms with Crippen LogP contribution in [0.15, 0.2) is 4.34 Å². The Labute approximate surface area is 102 Å². The summed E-state index contributed by atoms with van der Waals surface area (Å²) in [5, 5.41) is 0. The number of hydrogen-bond acceptors (Lipinski definition) is 6. The van der Waals surface area contributed by atoms with Gasteiger partial charge in [0.2, 0.25) is 9.05 Å². The molecule has 0 amide bonds. The topological polar surface area (TPSA) is 59.9 Å². The lowest BCUT2D eigenvalue weighted by atomic mass is 10.2. The van der Waals surface area contributed by atoms with Gasteiger partial charge in [-0.1, -0.05) is 25.6 Å². The lowest BCUT2D eigenvalue weighted by molar-refractivity contribution is 0.611. The number of rotatable bonds is 5. The van der Waals surface area contributed by atoms with Crippen LogP contribution in [0.3, 0.4) is 0 Å². The number of thioether (sulfide) groups is 1. The van der Waals surface area contributed by atoms with Crippen molar-refractivity contribution in [2.75, 3.05) is 11.5 Å². The van der Waals surface area contributed by atoms with Gasteiger partial charge in [0.15, 0.2) is 4.34 Å². The van der Waals surface area contributed by atoms with Crippen LogP contribution in [0.1, 0.15) is 25.6 Å². The molecule has 0 saturated heterocycles. The molecule has 15 heavy (non-hydrogen) atoms. The van der Waals surface area contributed by atoms with E-state index < -0.39 is 9.05 Å². The fraction of sp³-hybridized carbons (Fsp3) is 0.714. The van der Waals surface area contributed by atoms with E-state index in [1.54, 1.807) is 0 Å². The Bertz CT molecular complexity index is 416. The molecule has 0 bridgehead atoms. The summed E-state index contributed by atoms with van der Waals surface area (Å²) in [6, 6.07) is 0. The van der Waals surface area contributed by atoms with Crippen molar-refractivity contribution in [2.24, 2.45) is 0 Å². The molecule has 0 radical (unpaired) electrons.